The minimum absolute atomic E-state index is 0.302. The highest BCUT2D eigenvalue weighted by Gasteiger charge is 2.22. The zero-order valence-corrected chi connectivity index (χ0v) is 9.58. The Morgan fingerprint density at radius 2 is 2.41 bits per heavy atom. The molecule has 0 spiro atoms. The quantitative estimate of drug-likeness (QED) is 0.839. The lowest BCUT2D eigenvalue weighted by molar-refractivity contribution is 0.370. The third kappa shape index (κ3) is 1.82. The maximum atomic E-state index is 5.77. The highest BCUT2D eigenvalue weighted by Crippen LogP contribution is 2.24. The van der Waals surface area contributed by atoms with Crippen molar-refractivity contribution in [3.63, 3.8) is 0 Å². The Balaban J connectivity index is 2.02. The number of aromatic nitrogens is 4. The maximum Gasteiger partial charge on any atom is 0.182 e. The smallest absolute Gasteiger partial charge is 0.182 e. The molecule has 0 fully saturated rings. The normalized spacial score (nSPS) is 19.0. The largest absolute Gasteiger partial charge is 0.328 e. The zero-order valence-electron chi connectivity index (χ0n) is 9.58. The Hall–Kier alpha value is -1.75. The number of nitrogens with two attached hydrogens (primary N) is 1. The molecule has 5 heteroatoms. The first-order valence-electron chi connectivity index (χ1n) is 5.94. The lowest BCUT2D eigenvalue weighted by Gasteiger charge is -2.21. The summed E-state index contributed by atoms with van der Waals surface area (Å²) in [6.45, 7) is 0.628. The summed E-state index contributed by atoms with van der Waals surface area (Å²) in [5, 5.41) is 4.56. The number of hydrogen-bond acceptors (Lipinski definition) is 4. The molecule has 2 N–H and O–H groups in total. The van der Waals surface area contributed by atoms with Gasteiger partial charge in [0.2, 0.25) is 0 Å². The molecule has 0 bridgehead atoms. The van der Waals surface area contributed by atoms with Crippen LogP contribution in [0.5, 0.6) is 0 Å². The summed E-state index contributed by atoms with van der Waals surface area (Å²) in [5.41, 5.74) is 6.73. The number of nitrogens with zero attached hydrogens (tertiary/aromatic N) is 4. The summed E-state index contributed by atoms with van der Waals surface area (Å²) in [5.74, 6) is 1.80. The number of pyridine rings is 1. The van der Waals surface area contributed by atoms with E-state index in [9.17, 15) is 0 Å². The van der Waals surface area contributed by atoms with Crippen LogP contribution in [0.3, 0.4) is 0 Å². The van der Waals surface area contributed by atoms with Crippen molar-refractivity contribution in [2.45, 2.75) is 25.3 Å². The molecule has 3 heterocycles. The molecule has 1 aliphatic rings. The SMILES string of the molecule is NCC1CCCc2nc(-c3cccnc3)nn21. The molecule has 17 heavy (non-hydrogen) atoms. The molecule has 88 valence electrons. The van der Waals surface area contributed by atoms with Gasteiger partial charge in [0.15, 0.2) is 5.82 Å². The van der Waals surface area contributed by atoms with Crippen LogP contribution in [-0.4, -0.2) is 26.3 Å². The van der Waals surface area contributed by atoms with Crippen LogP contribution in [0.25, 0.3) is 11.4 Å². The summed E-state index contributed by atoms with van der Waals surface area (Å²) in [6, 6.07) is 4.18. The average molecular weight is 229 g/mol. The molecular weight excluding hydrogens is 214 g/mol. The van der Waals surface area contributed by atoms with E-state index in [0.29, 0.717) is 12.6 Å². The first kappa shape index (κ1) is 10.4. The Morgan fingerprint density at radius 1 is 1.47 bits per heavy atom. The van der Waals surface area contributed by atoms with Crippen LogP contribution in [0.1, 0.15) is 24.7 Å². The lowest BCUT2D eigenvalue weighted by Crippen LogP contribution is -2.25. The molecule has 3 rings (SSSR count). The highest BCUT2D eigenvalue weighted by molar-refractivity contribution is 5.52. The molecule has 0 saturated carbocycles. The molecule has 0 amide bonds. The Kier molecular flexibility index (Phi) is 2.60. The van der Waals surface area contributed by atoms with E-state index >= 15 is 0 Å². The first-order valence-corrected chi connectivity index (χ1v) is 5.94. The minimum Gasteiger partial charge on any atom is -0.328 e. The topological polar surface area (TPSA) is 69.6 Å². The van der Waals surface area contributed by atoms with Crippen molar-refractivity contribution < 1.29 is 0 Å². The Bertz CT molecular complexity index is 505. The van der Waals surface area contributed by atoms with Gasteiger partial charge in [0.25, 0.3) is 0 Å². The van der Waals surface area contributed by atoms with Gasteiger partial charge in [-0.3, -0.25) is 4.98 Å². The maximum absolute atomic E-state index is 5.77. The molecule has 0 aliphatic carbocycles. The van der Waals surface area contributed by atoms with Gasteiger partial charge in [-0.1, -0.05) is 0 Å². The molecule has 0 radical (unpaired) electrons. The molecule has 0 aromatic carbocycles. The third-order valence-corrected chi connectivity index (χ3v) is 3.18. The Labute approximate surface area is 99.7 Å². The van der Waals surface area contributed by atoms with E-state index in [4.69, 9.17) is 5.73 Å². The second kappa shape index (κ2) is 4.25. The first-order chi connectivity index (χ1) is 8.38. The molecule has 5 nitrogen and oxygen atoms in total. The fourth-order valence-corrected chi connectivity index (χ4v) is 2.27. The zero-order chi connectivity index (χ0) is 11.7. The van der Waals surface area contributed by atoms with Crippen LogP contribution < -0.4 is 5.73 Å². The summed E-state index contributed by atoms with van der Waals surface area (Å²) in [7, 11) is 0. The second-order valence-corrected chi connectivity index (χ2v) is 4.32. The van der Waals surface area contributed by atoms with E-state index in [2.05, 4.69) is 15.1 Å². The van der Waals surface area contributed by atoms with Gasteiger partial charge in [-0.25, -0.2) is 9.67 Å². The Morgan fingerprint density at radius 3 is 3.18 bits per heavy atom. The van der Waals surface area contributed by atoms with Crippen molar-refractivity contribution in [3.05, 3.63) is 30.4 Å². The van der Waals surface area contributed by atoms with Crippen molar-refractivity contribution in [3.8, 4) is 11.4 Å². The van der Waals surface area contributed by atoms with Gasteiger partial charge in [0, 0.05) is 30.9 Å². The number of rotatable bonds is 2. The van der Waals surface area contributed by atoms with Crippen molar-refractivity contribution in [2.75, 3.05) is 6.54 Å². The van der Waals surface area contributed by atoms with Gasteiger partial charge < -0.3 is 5.73 Å². The van der Waals surface area contributed by atoms with E-state index in [-0.39, 0.29) is 0 Å². The monoisotopic (exact) mass is 229 g/mol. The van der Waals surface area contributed by atoms with E-state index in [1.807, 2.05) is 16.8 Å². The van der Waals surface area contributed by atoms with Crippen LogP contribution >= 0.6 is 0 Å². The summed E-state index contributed by atoms with van der Waals surface area (Å²) >= 11 is 0. The lowest BCUT2D eigenvalue weighted by atomic mass is 10.1. The van der Waals surface area contributed by atoms with Crippen molar-refractivity contribution in [2.24, 2.45) is 5.73 Å². The van der Waals surface area contributed by atoms with Crippen LogP contribution in [0.15, 0.2) is 24.5 Å². The highest BCUT2D eigenvalue weighted by atomic mass is 15.4. The van der Waals surface area contributed by atoms with E-state index < -0.39 is 0 Å². The molecule has 1 unspecified atom stereocenters. The van der Waals surface area contributed by atoms with E-state index in [0.717, 1.165) is 36.5 Å². The van der Waals surface area contributed by atoms with Gasteiger partial charge >= 0.3 is 0 Å². The van der Waals surface area contributed by atoms with Crippen LogP contribution in [0, 0.1) is 0 Å². The van der Waals surface area contributed by atoms with Gasteiger partial charge in [-0.15, -0.1) is 0 Å². The molecule has 2 aromatic heterocycles. The van der Waals surface area contributed by atoms with Gasteiger partial charge in [0.1, 0.15) is 5.82 Å². The molecular formula is C12H15N5. The second-order valence-electron chi connectivity index (χ2n) is 4.32. The number of aryl methyl sites for hydroxylation is 1. The minimum atomic E-state index is 0.302. The van der Waals surface area contributed by atoms with Gasteiger partial charge in [0.05, 0.1) is 6.04 Å². The van der Waals surface area contributed by atoms with Crippen molar-refractivity contribution >= 4 is 0 Å². The number of hydrogen-bond donors (Lipinski definition) is 1. The van der Waals surface area contributed by atoms with E-state index in [1.165, 1.54) is 0 Å². The van der Waals surface area contributed by atoms with Crippen LogP contribution in [-0.2, 0) is 6.42 Å². The van der Waals surface area contributed by atoms with Crippen LogP contribution in [0.2, 0.25) is 0 Å². The molecule has 0 saturated heterocycles. The van der Waals surface area contributed by atoms with Gasteiger partial charge in [-0.2, -0.15) is 5.10 Å². The molecule has 1 aliphatic heterocycles. The summed E-state index contributed by atoms with van der Waals surface area (Å²) in [4.78, 5) is 8.67. The molecule has 2 aromatic rings. The third-order valence-electron chi connectivity index (χ3n) is 3.18. The predicted molar refractivity (Wildman–Crippen MR) is 64.3 cm³/mol. The fraction of sp³-hybridized carbons (Fsp3) is 0.417. The standard InChI is InChI=1S/C12H15N5/c13-7-10-4-1-5-11-15-12(16-17(10)11)9-3-2-6-14-8-9/h2-3,6,8,10H,1,4-5,7,13H2. The van der Waals surface area contributed by atoms with Crippen molar-refractivity contribution in [1.29, 1.82) is 0 Å². The van der Waals surface area contributed by atoms with Gasteiger partial charge in [-0.05, 0) is 25.0 Å². The van der Waals surface area contributed by atoms with Crippen LogP contribution in [0.4, 0.5) is 0 Å². The number of fused-ring (bicyclic) bond motifs is 1. The summed E-state index contributed by atoms with van der Waals surface area (Å²) in [6.07, 6.45) is 6.77. The van der Waals surface area contributed by atoms with E-state index in [1.54, 1.807) is 12.4 Å². The molecule has 1 atom stereocenters. The predicted octanol–water partition coefficient (Wildman–Crippen LogP) is 1.18. The fourth-order valence-electron chi connectivity index (χ4n) is 2.27. The average Bonchev–Trinajstić information content (AvgIpc) is 2.83. The summed E-state index contributed by atoms with van der Waals surface area (Å²) < 4.78 is 1.99. The van der Waals surface area contributed by atoms with Crippen molar-refractivity contribution in [1.82, 2.24) is 19.7 Å².